The summed E-state index contributed by atoms with van der Waals surface area (Å²) in [7, 11) is 0. The summed E-state index contributed by atoms with van der Waals surface area (Å²) < 4.78 is 0. The molecular formula is C12H15Cl3. The van der Waals surface area contributed by atoms with Crippen molar-refractivity contribution in [1.82, 2.24) is 0 Å². The normalized spacial score (nSPS) is 12.8. The number of rotatable bonds is 5. The highest BCUT2D eigenvalue weighted by atomic mass is 35.5. The van der Waals surface area contributed by atoms with Crippen LogP contribution in [0.3, 0.4) is 0 Å². The molecule has 0 aliphatic rings. The van der Waals surface area contributed by atoms with Gasteiger partial charge in [0.25, 0.3) is 0 Å². The Balaban J connectivity index is 2.47. The molecule has 1 rings (SSSR count). The molecule has 1 atom stereocenters. The quantitative estimate of drug-likeness (QED) is 0.631. The van der Waals surface area contributed by atoms with Crippen molar-refractivity contribution in [2.24, 2.45) is 0 Å². The van der Waals surface area contributed by atoms with E-state index in [1.165, 1.54) is 5.56 Å². The van der Waals surface area contributed by atoms with Crippen LogP contribution in [0.5, 0.6) is 0 Å². The zero-order valence-corrected chi connectivity index (χ0v) is 11.0. The lowest BCUT2D eigenvalue weighted by Gasteiger charge is -2.08. The van der Waals surface area contributed by atoms with E-state index < -0.39 is 0 Å². The molecule has 0 radical (unpaired) electrons. The van der Waals surface area contributed by atoms with Gasteiger partial charge in [0.1, 0.15) is 0 Å². The van der Waals surface area contributed by atoms with E-state index >= 15 is 0 Å². The minimum atomic E-state index is 0.268. The van der Waals surface area contributed by atoms with Crippen LogP contribution < -0.4 is 0 Å². The first kappa shape index (κ1) is 13.2. The molecule has 0 saturated carbocycles. The van der Waals surface area contributed by atoms with Gasteiger partial charge in [0, 0.05) is 5.38 Å². The number of benzene rings is 1. The van der Waals surface area contributed by atoms with E-state index in [0.717, 1.165) is 25.7 Å². The largest absolute Gasteiger partial charge is 0.123 e. The lowest BCUT2D eigenvalue weighted by atomic mass is 10.1. The monoisotopic (exact) mass is 264 g/mol. The summed E-state index contributed by atoms with van der Waals surface area (Å²) >= 11 is 17.9. The standard InChI is InChI=1S/C12H15Cl3/c1-2-3-10(13)6-4-9-5-7-11(14)12(15)8-9/h5,7-8,10H,2-4,6H2,1H3. The van der Waals surface area contributed by atoms with Crippen molar-refractivity contribution < 1.29 is 0 Å². The highest BCUT2D eigenvalue weighted by Gasteiger charge is 2.05. The molecule has 1 unspecified atom stereocenters. The summed E-state index contributed by atoms with van der Waals surface area (Å²) in [6, 6.07) is 5.76. The maximum atomic E-state index is 6.14. The molecule has 0 aliphatic heterocycles. The SMILES string of the molecule is CCCC(Cl)CCc1ccc(Cl)c(Cl)c1. The van der Waals surface area contributed by atoms with Gasteiger partial charge in [0.05, 0.1) is 10.0 Å². The number of aryl methyl sites for hydroxylation is 1. The van der Waals surface area contributed by atoms with Crippen molar-refractivity contribution in [3.8, 4) is 0 Å². The Morgan fingerprint density at radius 3 is 2.47 bits per heavy atom. The lowest BCUT2D eigenvalue weighted by molar-refractivity contribution is 0.676. The smallest absolute Gasteiger partial charge is 0.0595 e. The third-order valence-electron chi connectivity index (χ3n) is 2.33. The third-order valence-corrected chi connectivity index (χ3v) is 3.51. The summed E-state index contributed by atoms with van der Waals surface area (Å²) in [5, 5.41) is 1.50. The topological polar surface area (TPSA) is 0 Å². The fraction of sp³-hybridized carbons (Fsp3) is 0.500. The van der Waals surface area contributed by atoms with Crippen molar-refractivity contribution in [3.63, 3.8) is 0 Å². The lowest BCUT2D eigenvalue weighted by Crippen LogP contribution is -2.00. The summed E-state index contributed by atoms with van der Waals surface area (Å²) in [6.07, 6.45) is 4.16. The Morgan fingerprint density at radius 1 is 1.13 bits per heavy atom. The minimum absolute atomic E-state index is 0.268. The van der Waals surface area contributed by atoms with Crippen LogP contribution >= 0.6 is 34.8 Å². The second-order valence-electron chi connectivity index (χ2n) is 3.67. The molecule has 0 fully saturated rings. The van der Waals surface area contributed by atoms with Crippen molar-refractivity contribution in [3.05, 3.63) is 33.8 Å². The van der Waals surface area contributed by atoms with E-state index in [1.54, 1.807) is 0 Å². The van der Waals surface area contributed by atoms with Crippen molar-refractivity contribution in [1.29, 1.82) is 0 Å². The van der Waals surface area contributed by atoms with E-state index in [0.29, 0.717) is 10.0 Å². The predicted octanol–water partition coefficient (Wildman–Crippen LogP) is 5.33. The minimum Gasteiger partial charge on any atom is -0.123 e. The van der Waals surface area contributed by atoms with Gasteiger partial charge in [-0.2, -0.15) is 0 Å². The maximum Gasteiger partial charge on any atom is 0.0595 e. The van der Waals surface area contributed by atoms with Crippen LogP contribution in [0, 0.1) is 0 Å². The molecule has 0 spiro atoms. The highest BCUT2D eigenvalue weighted by Crippen LogP contribution is 2.24. The van der Waals surface area contributed by atoms with Crippen molar-refractivity contribution in [2.45, 2.75) is 38.0 Å². The molecule has 0 nitrogen and oxygen atoms in total. The number of hydrogen-bond donors (Lipinski definition) is 0. The number of hydrogen-bond acceptors (Lipinski definition) is 0. The zero-order valence-electron chi connectivity index (χ0n) is 8.77. The van der Waals surface area contributed by atoms with E-state index in [-0.39, 0.29) is 5.38 Å². The molecule has 1 aromatic carbocycles. The van der Waals surface area contributed by atoms with Crippen LogP contribution in [-0.4, -0.2) is 5.38 Å². The second-order valence-corrected chi connectivity index (χ2v) is 5.10. The van der Waals surface area contributed by atoms with E-state index in [2.05, 4.69) is 6.92 Å². The molecule has 1 aromatic rings. The molecule has 0 aromatic heterocycles. The Hall–Kier alpha value is 0.0900. The van der Waals surface area contributed by atoms with Crippen LogP contribution in [0.25, 0.3) is 0 Å². The molecule has 0 aliphatic carbocycles. The molecule has 0 saturated heterocycles. The fourth-order valence-corrected chi connectivity index (χ4v) is 2.12. The first-order valence-corrected chi connectivity index (χ1v) is 6.40. The summed E-state index contributed by atoms with van der Waals surface area (Å²) in [5.41, 5.74) is 1.20. The summed E-state index contributed by atoms with van der Waals surface area (Å²) in [5.74, 6) is 0. The van der Waals surface area contributed by atoms with Crippen LogP contribution in [-0.2, 0) is 6.42 Å². The van der Waals surface area contributed by atoms with Gasteiger partial charge in [0.2, 0.25) is 0 Å². The molecule has 0 heterocycles. The predicted molar refractivity (Wildman–Crippen MR) is 69.3 cm³/mol. The molecular weight excluding hydrogens is 250 g/mol. The molecule has 15 heavy (non-hydrogen) atoms. The van der Waals surface area contributed by atoms with E-state index in [4.69, 9.17) is 34.8 Å². The van der Waals surface area contributed by atoms with Gasteiger partial charge in [-0.15, -0.1) is 11.6 Å². The summed E-state index contributed by atoms with van der Waals surface area (Å²) in [4.78, 5) is 0. The van der Waals surface area contributed by atoms with Crippen LogP contribution in [0.15, 0.2) is 18.2 Å². The Bertz CT molecular complexity index is 310. The van der Waals surface area contributed by atoms with E-state index in [9.17, 15) is 0 Å². The molecule has 0 N–H and O–H groups in total. The number of halogens is 3. The first-order chi connectivity index (χ1) is 7.13. The van der Waals surface area contributed by atoms with Crippen LogP contribution in [0.1, 0.15) is 31.7 Å². The van der Waals surface area contributed by atoms with Gasteiger partial charge >= 0.3 is 0 Å². The molecule has 84 valence electrons. The zero-order chi connectivity index (χ0) is 11.3. The van der Waals surface area contributed by atoms with Crippen molar-refractivity contribution >= 4 is 34.8 Å². The van der Waals surface area contributed by atoms with Gasteiger partial charge in [-0.3, -0.25) is 0 Å². The second kappa shape index (κ2) is 6.62. The fourth-order valence-electron chi connectivity index (χ4n) is 1.48. The Labute approximate surface area is 107 Å². The third kappa shape index (κ3) is 4.63. The van der Waals surface area contributed by atoms with Gasteiger partial charge in [-0.05, 0) is 37.0 Å². The van der Waals surface area contributed by atoms with E-state index in [1.807, 2.05) is 18.2 Å². The maximum absolute atomic E-state index is 6.14. The van der Waals surface area contributed by atoms with Gasteiger partial charge in [-0.25, -0.2) is 0 Å². The van der Waals surface area contributed by atoms with Crippen LogP contribution in [0.4, 0.5) is 0 Å². The average molecular weight is 266 g/mol. The Morgan fingerprint density at radius 2 is 1.87 bits per heavy atom. The molecule has 3 heteroatoms. The van der Waals surface area contributed by atoms with Gasteiger partial charge in [-0.1, -0.05) is 42.6 Å². The summed E-state index contributed by atoms with van der Waals surface area (Å²) in [6.45, 7) is 2.15. The average Bonchev–Trinajstić information content (AvgIpc) is 2.20. The highest BCUT2D eigenvalue weighted by molar-refractivity contribution is 6.42. The van der Waals surface area contributed by atoms with Crippen LogP contribution in [0.2, 0.25) is 10.0 Å². The van der Waals surface area contributed by atoms with Gasteiger partial charge < -0.3 is 0 Å². The molecule has 0 amide bonds. The van der Waals surface area contributed by atoms with Gasteiger partial charge in [0.15, 0.2) is 0 Å². The first-order valence-electron chi connectivity index (χ1n) is 5.21. The van der Waals surface area contributed by atoms with Crippen molar-refractivity contribution in [2.75, 3.05) is 0 Å². The number of alkyl halides is 1. The Kier molecular flexibility index (Phi) is 5.81. The molecule has 0 bridgehead atoms.